The molecule has 7 heteroatoms. The Bertz CT molecular complexity index is 1070. The molecule has 2 N–H and O–H groups in total. The highest BCUT2D eigenvalue weighted by Gasteiger charge is 2.17. The summed E-state index contributed by atoms with van der Waals surface area (Å²) in [6.45, 7) is 1.87. The number of halogens is 1. The number of hydrogen-bond acceptors (Lipinski definition) is 3. The number of H-pyrrole nitrogens is 1. The van der Waals surface area contributed by atoms with Gasteiger partial charge in [-0.3, -0.25) is 9.20 Å². The van der Waals surface area contributed by atoms with Gasteiger partial charge >= 0.3 is 0 Å². The zero-order chi connectivity index (χ0) is 17.4. The average Bonchev–Trinajstić information content (AvgIpc) is 3.19. The number of aromatic amines is 1. The van der Waals surface area contributed by atoms with E-state index in [-0.39, 0.29) is 24.2 Å². The van der Waals surface area contributed by atoms with E-state index in [1.165, 1.54) is 12.1 Å². The Balaban J connectivity index is 1.51. The molecule has 3 heterocycles. The zero-order valence-corrected chi connectivity index (χ0v) is 13.5. The third-order valence-corrected chi connectivity index (χ3v) is 4.19. The summed E-state index contributed by atoms with van der Waals surface area (Å²) in [5.74, 6) is 0.230. The maximum absolute atomic E-state index is 13.3. The fraction of sp³-hybridized carbons (Fsp3) is 0.167. The Morgan fingerprint density at radius 2 is 2.20 bits per heavy atom. The van der Waals surface area contributed by atoms with Crippen LogP contribution in [0.3, 0.4) is 0 Å². The largest absolute Gasteiger partial charge is 0.361 e. The molecular weight excluding hydrogens is 321 g/mol. The molecule has 3 aromatic heterocycles. The Hall–Kier alpha value is -3.22. The van der Waals surface area contributed by atoms with E-state index < -0.39 is 0 Å². The van der Waals surface area contributed by atoms with Crippen molar-refractivity contribution in [1.82, 2.24) is 24.9 Å². The molecule has 0 aliphatic heterocycles. The molecule has 0 aliphatic rings. The number of rotatable bonds is 4. The van der Waals surface area contributed by atoms with Crippen molar-refractivity contribution in [3.05, 3.63) is 66.0 Å². The summed E-state index contributed by atoms with van der Waals surface area (Å²) in [4.78, 5) is 15.4. The number of hydrogen-bond donors (Lipinski definition) is 2. The molecule has 4 aromatic rings. The summed E-state index contributed by atoms with van der Waals surface area (Å²) in [6, 6.07) is 9.84. The van der Waals surface area contributed by atoms with E-state index in [4.69, 9.17) is 0 Å². The van der Waals surface area contributed by atoms with Crippen molar-refractivity contribution in [1.29, 1.82) is 0 Å². The van der Waals surface area contributed by atoms with Crippen LogP contribution in [-0.2, 0) is 11.2 Å². The maximum atomic E-state index is 13.3. The van der Waals surface area contributed by atoms with Crippen molar-refractivity contribution in [3.8, 4) is 0 Å². The van der Waals surface area contributed by atoms with Crippen LogP contribution in [0.15, 0.2) is 48.8 Å². The second kappa shape index (κ2) is 6.01. The van der Waals surface area contributed by atoms with Crippen LogP contribution in [0.5, 0.6) is 0 Å². The quantitative estimate of drug-likeness (QED) is 0.601. The fourth-order valence-corrected chi connectivity index (χ4v) is 2.99. The summed E-state index contributed by atoms with van der Waals surface area (Å²) < 4.78 is 15.1. The monoisotopic (exact) mass is 337 g/mol. The maximum Gasteiger partial charge on any atom is 0.225 e. The number of fused-ring (bicyclic) bond motifs is 2. The minimum atomic E-state index is -0.308. The lowest BCUT2D eigenvalue weighted by atomic mass is 10.1. The molecule has 4 rings (SSSR count). The highest BCUT2D eigenvalue weighted by Crippen LogP contribution is 2.20. The van der Waals surface area contributed by atoms with Gasteiger partial charge in [0.05, 0.1) is 12.5 Å². The molecule has 126 valence electrons. The molecule has 0 fully saturated rings. The van der Waals surface area contributed by atoms with Crippen molar-refractivity contribution in [3.63, 3.8) is 0 Å². The molecule has 0 spiro atoms. The van der Waals surface area contributed by atoms with Crippen LogP contribution in [-0.4, -0.2) is 25.5 Å². The smallest absolute Gasteiger partial charge is 0.225 e. The van der Waals surface area contributed by atoms with Crippen LogP contribution in [0.4, 0.5) is 4.39 Å². The van der Waals surface area contributed by atoms with Crippen LogP contribution in [0.25, 0.3) is 16.6 Å². The van der Waals surface area contributed by atoms with Crippen molar-refractivity contribution in [2.75, 3.05) is 0 Å². The molecule has 0 radical (unpaired) electrons. The molecule has 6 nitrogen and oxygen atoms in total. The van der Waals surface area contributed by atoms with E-state index in [1.807, 2.05) is 35.7 Å². The molecule has 0 bridgehead atoms. The first kappa shape index (κ1) is 15.3. The Morgan fingerprint density at radius 3 is 3.08 bits per heavy atom. The Morgan fingerprint density at radius 1 is 1.32 bits per heavy atom. The van der Waals surface area contributed by atoms with Crippen LogP contribution < -0.4 is 5.32 Å². The van der Waals surface area contributed by atoms with Crippen LogP contribution in [0, 0.1) is 5.82 Å². The summed E-state index contributed by atoms with van der Waals surface area (Å²) in [6.07, 6.45) is 3.80. The van der Waals surface area contributed by atoms with Crippen LogP contribution in [0.2, 0.25) is 0 Å². The molecule has 0 saturated heterocycles. The fourth-order valence-electron chi connectivity index (χ4n) is 2.99. The highest BCUT2D eigenvalue weighted by atomic mass is 19.1. The number of pyridine rings is 1. The standard InChI is InChI=1S/C18H16FN5O/c1-11(18-23-22-16-4-2-3-7-24(16)18)21-17(25)8-12-10-20-15-9-13(19)5-6-14(12)15/h2-7,9-11,20H,8H2,1H3,(H,21,25)/t11-/m0/s1. The summed E-state index contributed by atoms with van der Waals surface area (Å²) in [5, 5.41) is 12.0. The van der Waals surface area contributed by atoms with Gasteiger partial charge in [-0.1, -0.05) is 6.07 Å². The van der Waals surface area contributed by atoms with Gasteiger partial charge in [0, 0.05) is 23.3 Å². The molecule has 25 heavy (non-hydrogen) atoms. The van der Waals surface area contributed by atoms with E-state index in [1.54, 1.807) is 12.3 Å². The predicted octanol–water partition coefficient (Wildman–Crippen LogP) is 2.77. The first-order valence-electron chi connectivity index (χ1n) is 7.96. The highest BCUT2D eigenvalue weighted by molar-refractivity contribution is 5.89. The second-order valence-electron chi connectivity index (χ2n) is 5.96. The van der Waals surface area contributed by atoms with E-state index in [0.29, 0.717) is 11.3 Å². The summed E-state index contributed by atoms with van der Waals surface area (Å²) in [7, 11) is 0. The minimum absolute atomic E-state index is 0.134. The molecule has 1 amide bonds. The lowest BCUT2D eigenvalue weighted by Gasteiger charge is -2.12. The number of nitrogens with one attached hydrogen (secondary N) is 2. The number of amides is 1. The summed E-state index contributed by atoms with van der Waals surface area (Å²) in [5.41, 5.74) is 2.24. The average molecular weight is 337 g/mol. The third-order valence-electron chi connectivity index (χ3n) is 4.19. The zero-order valence-electron chi connectivity index (χ0n) is 13.5. The molecule has 1 atom stereocenters. The third kappa shape index (κ3) is 2.84. The molecule has 1 aromatic carbocycles. The van der Waals surface area contributed by atoms with Gasteiger partial charge in [0.1, 0.15) is 5.82 Å². The first-order valence-corrected chi connectivity index (χ1v) is 7.96. The topological polar surface area (TPSA) is 75.1 Å². The van der Waals surface area contributed by atoms with Crippen molar-refractivity contribution in [2.24, 2.45) is 0 Å². The number of nitrogens with zero attached hydrogens (tertiary/aromatic N) is 3. The number of aromatic nitrogens is 4. The number of carbonyl (C=O) groups is 1. The molecule has 0 saturated carbocycles. The first-order chi connectivity index (χ1) is 12.1. The van der Waals surface area contributed by atoms with E-state index >= 15 is 0 Å². The molecular formula is C18H16FN5O. The van der Waals surface area contributed by atoms with E-state index in [0.717, 1.165) is 16.6 Å². The molecule has 0 unspecified atom stereocenters. The van der Waals surface area contributed by atoms with Gasteiger partial charge in [-0.2, -0.15) is 0 Å². The number of benzene rings is 1. The predicted molar refractivity (Wildman–Crippen MR) is 91.5 cm³/mol. The van der Waals surface area contributed by atoms with Gasteiger partial charge < -0.3 is 10.3 Å². The van der Waals surface area contributed by atoms with Gasteiger partial charge in [0.15, 0.2) is 11.5 Å². The normalized spacial score (nSPS) is 12.6. The second-order valence-corrected chi connectivity index (χ2v) is 5.96. The van der Waals surface area contributed by atoms with Gasteiger partial charge in [-0.25, -0.2) is 4.39 Å². The van der Waals surface area contributed by atoms with Crippen molar-refractivity contribution in [2.45, 2.75) is 19.4 Å². The van der Waals surface area contributed by atoms with Crippen molar-refractivity contribution >= 4 is 22.5 Å². The lowest BCUT2D eigenvalue weighted by molar-refractivity contribution is -0.121. The lowest BCUT2D eigenvalue weighted by Crippen LogP contribution is -2.29. The molecule has 0 aliphatic carbocycles. The van der Waals surface area contributed by atoms with Gasteiger partial charge in [-0.05, 0) is 42.8 Å². The Kier molecular flexibility index (Phi) is 3.68. The van der Waals surface area contributed by atoms with Crippen LogP contribution >= 0.6 is 0 Å². The van der Waals surface area contributed by atoms with Gasteiger partial charge in [0.25, 0.3) is 0 Å². The van der Waals surface area contributed by atoms with E-state index in [2.05, 4.69) is 20.5 Å². The minimum Gasteiger partial charge on any atom is -0.361 e. The van der Waals surface area contributed by atoms with E-state index in [9.17, 15) is 9.18 Å². The van der Waals surface area contributed by atoms with Crippen molar-refractivity contribution < 1.29 is 9.18 Å². The van der Waals surface area contributed by atoms with Gasteiger partial charge in [0.2, 0.25) is 5.91 Å². The van der Waals surface area contributed by atoms with Crippen LogP contribution in [0.1, 0.15) is 24.4 Å². The number of carbonyl (C=O) groups excluding carboxylic acids is 1. The Labute approximate surface area is 142 Å². The SMILES string of the molecule is C[C@H](NC(=O)Cc1c[nH]c2cc(F)ccc12)c1nnc2ccccn12. The summed E-state index contributed by atoms with van der Waals surface area (Å²) >= 11 is 0. The van der Waals surface area contributed by atoms with Gasteiger partial charge in [-0.15, -0.1) is 10.2 Å².